The maximum absolute atomic E-state index is 12.2. The summed E-state index contributed by atoms with van der Waals surface area (Å²) in [5.74, 6) is -0.253. The Morgan fingerprint density at radius 3 is 2.61 bits per heavy atom. The summed E-state index contributed by atoms with van der Waals surface area (Å²) in [6, 6.07) is 3.56. The Balaban J connectivity index is 1.06. The summed E-state index contributed by atoms with van der Waals surface area (Å²) in [5, 5.41) is 13.8. The highest BCUT2D eigenvalue weighted by Crippen LogP contribution is 2.68. The van der Waals surface area contributed by atoms with Crippen LogP contribution in [-0.2, 0) is 19.7 Å². The molecule has 2 heterocycles. The average Bonchev–Trinajstić information content (AvgIpc) is 3.08. The quantitative estimate of drug-likeness (QED) is 0.659. The molecule has 31 heavy (non-hydrogen) atoms. The second kappa shape index (κ2) is 7.36. The Labute approximate surface area is 184 Å². The second-order valence-corrected chi connectivity index (χ2v) is 9.92. The minimum Gasteiger partial charge on any atom is -0.368 e. The number of amides is 1. The first kappa shape index (κ1) is 21.0. The summed E-state index contributed by atoms with van der Waals surface area (Å²) in [6.07, 6.45) is -1.67. The monoisotopic (exact) mass is 474 g/mol. The van der Waals surface area contributed by atoms with E-state index in [0.29, 0.717) is 5.02 Å². The molecular formula is C19H18ClF3N4O3S. The molecule has 0 spiro atoms. The number of aromatic nitrogens is 3. The van der Waals surface area contributed by atoms with E-state index in [1.54, 1.807) is 18.3 Å². The van der Waals surface area contributed by atoms with E-state index >= 15 is 0 Å². The van der Waals surface area contributed by atoms with E-state index in [1.807, 2.05) is 0 Å². The number of halogens is 4. The van der Waals surface area contributed by atoms with Crippen LogP contribution in [0.15, 0.2) is 18.3 Å². The number of carbonyl (C=O) groups excluding carboxylic acids is 1. The molecule has 0 aliphatic heterocycles. The first-order valence-corrected chi connectivity index (χ1v) is 11.0. The smallest absolute Gasteiger partial charge is 0.368 e. The maximum Gasteiger partial charge on any atom is 0.522 e. The number of rotatable bonds is 7. The molecule has 1 amide bonds. The standard InChI is InChI=1S/C19H18ClF3N4O3S/c20-10-1-2-13(24-5-10)15-26-27-16(31-15)17-7-18(8-17,9-17)25-14(28)6-29-11-3-12(4-11)30-19(21,22)23/h1-2,5,11-12H,3-4,6-9H2,(H,25,28). The van der Waals surface area contributed by atoms with E-state index in [1.165, 1.54) is 11.3 Å². The molecule has 0 aromatic carbocycles. The normalized spacial score (nSPS) is 31.4. The van der Waals surface area contributed by atoms with Crippen LogP contribution in [0.3, 0.4) is 0 Å². The molecule has 4 aliphatic rings. The van der Waals surface area contributed by atoms with Crippen LogP contribution in [0.5, 0.6) is 0 Å². The van der Waals surface area contributed by atoms with Gasteiger partial charge < -0.3 is 10.1 Å². The Kier molecular flexibility index (Phi) is 5.00. The fourth-order valence-corrected chi connectivity index (χ4v) is 5.77. The van der Waals surface area contributed by atoms with E-state index in [9.17, 15) is 18.0 Å². The van der Waals surface area contributed by atoms with Gasteiger partial charge in [0.15, 0.2) is 5.01 Å². The molecule has 4 fully saturated rings. The lowest BCUT2D eigenvalue weighted by Crippen LogP contribution is -2.77. The van der Waals surface area contributed by atoms with Crippen molar-refractivity contribution in [3.63, 3.8) is 0 Å². The molecule has 0 saturated heterocycles. The Bertz CT molecular complexity index is 974. The first-order valence-electron chi connectivity index (χ1n) is 9.77. The van der Waals surface area contributed by atoms with Crippen molar-refractivity contribution in [2.24, 2.45) is 0 Å². The number of pyridine rings is 1. The molecule has 2 aromatic heterocycles. The summed E-state index contributed by atoms with van der Waals surface area (Å²) >= 11 is 7.37. The van der Waals surface area contributed by atoms with Gasteiger partial charge in [0.25, 0.3) is 0 Å². The van der Waals surface area contributed by atoms with Crippen molar-refractivity contribution in [3.05, 3.63) is 28.4 Å². The summed E-state index contributed by atoms with van der Waals surface area (Å²) in [6.45, 7) is -0.163. The van der Waals surface area contributed by atoms with Crippen LogP contribution in [0, 0.1) is 0 Å². The van der Waals surface area contributed by atoms with Gasteiger partial charge in [0.1, 0.15) is 17.3 Å². The zero-order chi connectivity index (χ0) is 21.9. The minimum atomic E-state index is -4.63. The lowest BCUT2D eigenvalue weighted by molar-refractivity contribution is -0.357. The Morgan fingerprint density at radius 2 is 1.97 bits per heavy atom. The van der Waals surface area contributed by atoms with Gasteiger partial charge in [-0.3, -0.25) is 14.5 Å². The third-order valence-electron chi connectivity index (χ3n) is 6.06. The van der Waals surface area contributed by atoms with Crippen LogP contribution in [0.4, 0.5) is 13.2 Å². The molecule has 12 heteroatoms. The number of hydrogen-bond donors (Lipinski definition) is 1. The fourth-order valence-electron chi connectivity index (χ4n) is 4.65. The van der Waals surface area contributed by atoms with Gasteiger partial charge in [-0.05, 0) is 31.4 Å². The van der Waals surface area contributed by atoms with E-state index in [2.05, 4.69) is 25.2 Å². The van der Waals surface area contributed by atoms with Crippen molar-refractivity contribution < 1.29 is 27.4 Å². The lowest BCUT2D eigenvalue weighted by atomic mass is 9.39. The van der Waals surface area contributed by atoms with Gasteiger partial charge in [-0.15, -0.1) is 23.4 Å². The van der Waals surface area contributed by atoms with Crippen molar-refractivity contribution in [1.29, 1.82) is 0 Å². The summed E-state index contributed by atoms with van der Waals surface area (Å²) in [5.41, 5.74) is 0.428. The van der Waals surface area contributed by atoms with E-state index < -0.39 is 12.5 Å². The van der Waals surface area contributed by atoms with Gasteiger partial charge >= 0.3 is 6.36 Å². The first-order chi connectivity index (χ1) is 14.6. The largest absolute Gasteiger partial charge is 0.522 e. The van der Waals surface area contributed by atoms with Crippen molar-refractivity contribution in [2.75, 3.05) is 6.61 Å². The number of alkyl halides is 3. The van der Waals surface area contributed by atoms with Crippen LogP contribution in [0.1, 0.15) is 37.1 Å². The van der Waals surface area contributed by atoms with Gasteiger partial charge in [-0.25, -0.2) is 0 Å². The van der Waals surface area contributed by atoms with Crippen LogP contribution < -0.4 is 5.32 Å². The highest BCUT2D eigenvalue weighted by Gasteiger charge is 2.70. The molecule has 4 aliphatic carbocycles. The summed E-state index contributed by atoms with van der Waals surface area (Å²) < 4.78 is 45.7. The topological polar surface area (TPSA) is 86.2 Å². The second-order valence-electron chi connectivity index (χ2n) is 8.50. The average molecular weight is 475 g/mol. The lowest BCUT2D eigenvalue weighted by Gasteiger charge is -2.69. The Hall–Kier alpha value is -1.82. The van der Waals surface area contributed by atoms with Gasteiger partial charge in [-0.1, -0.05) is 22.9 Å². The number of hydrogen-bond acceptors (Lipinski definition) is 7. The van der Waals surface area contributed by atoms with Crippen LogP contribution >= 0.6 is 22.9 Å². The Morgan fingerprint density at radius 1 is 1.23 bits per heavy atom. The molecule has 166 valence electrons. The van der Waals surface area contributed by atoms with Gasteiger partial charge in [-0.2, -0.15) is 0 Å². The van der Waals surface area contributed by atoms with Gasteiger partial charge in [0.05, 0.1) is 17.2 Å². The van der Waals surface area contributed by atoms with E-state index in [-0.39, 0.29) is 42.4 Å². The van der Waals surface area contributed by atoms with Crippen LogP contribution in [0.25, 0.3) is 10.7 Å². The fraction of sp³-hybridized carbons (Fsp3) is 0.579. The highest BCUT2D eigenvalue weighted by atomic mass is 35.5. The number of nitrogens with zero attached hydrogens (tertiary/aromatic N) is 3. The summed E-state index contributed by atoms with van der Waals surface area (Å²) in [4.78, 5) is 16.5. The molecule has 2 bridgehead atoms. The van der Waals surface area contributed by atoms with Crippen LogP contribution in [0.2, 0.25) is 5.02 Å². The zero-order valence-corrected chi connectivity index (χ0v) is 17.7. The molecule has 0 radical (unpaired) electrons. The SMILES string of the molecule is O=C(COC1CC(OC(F)(F)F)C1)NC12CC(c3nnc(-c4ccc(Cl)cn4)s3)(C1)C2. The molecule has 4 saturated carbocycles. The predicted octanol–water partition coefficient (Wildman–Crippen LogP) is 3.63. The van der Waals surface area contributed by atoms with E-state index in [4.69, 9.17) is 16.3 Å². The molecule has 1 N–H and O–H groups in total. The number of carbonyl (C=O) groups is 1. The van der Waals surface area contributed by atoms with Crippen molar-refractivity contribution >= 4 is 28.8 Å². The number of nitrogens with one attached hydrogen (secondary N) is 1. The van der Waals surface area contributed by atoms with Gasteiger partial charge in [0, 0.05) is 30.0 Å². The van der Waals surface area contributed by atoms with Crippen molar-refractivity contribution in [2.45, 2.75) is 61.6 Å². The molecule has 6 rings (SSSR count). The molecule has 2 aromatic rings. The molecule has 0 atom stereocenters. The summed E-state index contributed by atoms with van der Waals surface area (Å²) in [7, 11) is 0. The highest BCUT2D eigenvalue weighted by molar-refractivity contribution is 7.14. The minimum absolute atomic E-state index is 0.0490. The maximum atomic E-state index is 12.2. The third kappa shape index (κ3) is 4.15. The molecular weight excluding hydrogens is 457 g/mol. The van der Waals surface area contributed by atoms with Crippen molar-refractivity contribution in [1.82, 2.24) is 20.5 Å². The van der Waals surface area contributed by atoms with Crippen molar-refractivity contribution in [3.8, 4) is 10.7 Å². The number of ether oxygens (including phenoxy) is 2. The predicted molar refractivity (Wildman–Crippen MR) is 104 cm³/mol. The molecule has 0 unspecified atom stereocenters. The molecule has 7 nitrogen and oxygen atoms in total. The zero-order valence-electron chi connectivity index (χ0n) is 16.1. The van der Waals surface area contributed by atoms with E-state index in [0.717, 1.165) is 35.0 Å². The third-order valence-corrected chi connectivity index (χ3v) is 7.48. The van der Waals surface area contributed by atoms with Gasteiger partial charge in [0.2, 0.25) is 5.91 Å². The van der Waals surface area contributed by atoms with Crippen LogP contribution in [-0.4, -0.2) is 51.8 Å².